The van der Waals surface area contributed by atoms with Crippen molar-refractivity contribution in [2.75, 3.05) is 26.2 Å². The van der Waals surface area contributed by atoms with E-state index in [1.54, 1.807) is 0 Å². The van der Waals surface area contributed by atoms with Crippen LogP contribution < -0.4 is 11.1 Å². The molecule has 110 valence electrons. The number of nitrogens with one attached hydrogen (secondary N) is 1. The zero-order valence-electron chi connectivity index (χ0n) is 11.9. The Bertz CT molecular complexity index is 292. The highest BCUT2D eigenvalue weighted by Crippen LogP contribution is 2.17. The molecule has 5 nitrogen and oxygen atoms in total. The van der Waals surface area contributed by atoms with Crippen molar-refractivity contribution in [3.05, 3.63) is 0 Å². The Morgan fingerprint density at radius 2 is 2.11 bits per heavy atom. The number of nitrogens with two attached hydrogens (primary N) is 1. The largest absolute Gasteiger partial charge is 0.374 e. The topological polar surface area (TPSA) is 67.6 Å². The number of carbonyl (C=O) groups excluding carboxylic acids is 1. The van der Waals surface area contributed by atoms with Gasteiger partial charge < -0.3 is 15.8 Å². The minimum atomic E-state index is 0.0682. The van der Waals surface area contributed by atoms with Crippen molar-refractivity contribution in [3.63, 3.8) is 0 Å². The first kappa shape index (κ1) is 14.8. The molecule has 2 aliphatic rings. The van der Waals surface area contributed by atoms with E-state index in [1.165, 1.54) is 19.3 Å². The number of ether oxygens (including phenoxy) is 1. The molecular weight excluding hydrogens is 242 g/mol. The standard InChI is InChI=1S/C14H27N3O2/c1-11-10-19-13(7-15)8-17(11)9-14(18)16-12-5-3-2-4-6-12/h11-13H,2-10,15H2,1H3,(H,16,18). The second kappa shape index (κ2) is 7.22. The van der Waals surface area contributed by atoms with Gasteiger partial charge in [0.05, 0.1) is 19.3 Å². The number of rotatable bonds is 4. The monoisotopic (exact) mass is 269 g/mol. The fourth-order valence-corrected chi connectivity index (χ4v) is 2.94. The van der Waals surface area contributed by atoms with Gasteiger partial charge in [-0.05, 0) is 19.8 Å². The lowest BCUT2D eigenvalue weighted by molar-refractivity contribution is -0.127. The Morgan fingerprint density at radius 1 is 1.37 bits per heavy atom. The second-order valence-corrected chi connectivity index (χ2v) is 5.87. The van der Waals surface area contributed by atoms with E-state index in [9.17, 15) is 4.79 Å². The minimum absolute atomic E-state index is 0.0682. The predicted molar refractivity (Wildman–Crippen MR) is 74.8 cm³/mol. The summed E-state index contributed by atoms with van der Waals surface area (Å²) >= 11 is 0. The molecule has 5 heteroatoms. The zero-order valence-corrected chi connectivity index (χ0v) is 11.9. The molecule has 3 N–H and O–H groups in total. The molecular formula is C14H27N3O2. The highest BCUT2D eigenvalue weighted by molar-refractivity contribution is 5.78. The molecule has 0 radical (unpaired) electrons. The Morgan fingerprint density at radius 3 is 2.79 bits per heavy atom. The van der Waals surface area contributed by atoms with E-state index < -0.39 is 0 Å². The van der Waals surface area contributed by atoms with Gasteiger partial charge in [0.1, 0.15) is 0 Å². The molecule has 19 heavy (non-hydrogen) atoms. The van der Waals surface area contributed by atoms with Crippen molar-refractivity contribution in [1.82, 2.24) is 10.2 Å². The molecule has 1 aliphatic heterocycles. The number of morpholine rings is 1. The van der Waals surface area contributed by atoms with E-state index >= 15 is 0 Å². The van der Waals surface area contributed by atoms with E-state index in [0.717, 1.165) is 19.4 Å². The lowest BCUT2D eigenvalue weighted by Crippen LogP contribution is -2.54. The van der Waals surface area contributed by atoms with Crippen LogP contribution in [0.3, 0.4) is 0 Å². The van der Waals surface area contributed by atoms with Crippen LogP contribution in [0.5, 0.6) is 0 Å². The SMILES string of the molecule is CC1COC(CN)CN1CC(=O)NC1CCCCC1. The molecule has 1 saturated carbocycles. The van der Waals surface area contributed by atoms with E-state index in [-0.39, 0.29) is 12.0 Å². The zero-order chi connectivity index (χ0) is 13.7. The summed E-state index contributed by atoms with van der Waals surface area (Å²) in [5.41, 5.74) is 5.64. The highest BCUT2D eigenvalue weighted by atomic mass is 16.5. The molecule has 2 rings (SSSR count). The number of amides is 1. The molecule has 2 unspecified atom stereocenters. The third kappa shape index (κ3) is 4.44. The first-order chi connectivity index (χ1) is 9.19. The van der Waals surface area contributed by atoms with Gasteiger partial charge in [-0.3, -0.25) is 9.69 Å². The van der Waals surface area contributed by atoms with Crippen molar-refractivity contribution < 1.29 is 9.53 Å². The Balaban J connectivity index is 1.76. The van der Waals surface area contributed by atoms with Gasteiger partial charge in [0.2, 0.25) is 5.91 Å². The summed E-state index contributed by atoms with van der Waals surface area (Å²) in [6.07, 6.45) is 6.14. The van der Waals surface area contributed by atoms with Gasteiger partial charge in [-0.25, -0.2) is 0 Å². The van der Waals surface area contributed by atoms with Crippen LogP contribution in [0, 0.1) is 0 Å². The molecule has 1 aliphatic carbocycles. The van der Waals surface area contributed by atoms with Gasteiger partial charge in [-0.1, -0.05) is 19.3 Å². The Hall–Kier alpha value is -0.650. The summed E-state index contributed by atoms with van der Waals surface area (Å²) in [5, 5.41) is 3.17. The number of hydrogen-bond donors (Lipinski definition) is 2. The molecule has 1 heterocycles. The van der Waals surface area contributed by atoms with Crippen LogP contribution in [0.25, 0.3) is 0 Å². The molecule has 0 spiro atoms. The molecule has 0 aromatic carbocycles. The minimum Gasteiger partial charge on any atom is -0.374 e. The van der Waals surface area contributed by atoms with Gasteiger partial charge in [-0.2, -0.15) is 0 Å². The van der Waals surface area contributed by atoms with Crippen molar-refractivity contribution in [1.29, 1.82) is 0 Å². The quantitative estimate of drug-likeness (QED) is 0.779. The van der Waals surface area contributed by atoms with E-state index in [4.69, 9.17) is 10.5 Å². The third-order valence-electron chi connectivity index (χ3n) is 4.21. The number of hydrogen-bond acceptors (Lipinski definition) is 4. The van der Waals surface area contributed by atoms with Crippen molar-refractivity contribution in [2.45, 2.75) is 57.2 Å². The lowest BCUT2D eigenvalue weighted by Gasteiger charge is -2.37. The molecule has 0 aromatic heterocycles. The van der Waals surface area contributed by atoms with Crippen LogP contribution in [0.2, 0.25) is 0 Å². The first-order valence-corrected chi connectivity index (χ1v) is 7.54. The third-order valence-corrected chi connectivity index (χ3v) is 4.21. The van der Waals surface area contributed by atoms with Crippen molar-refractivity contribution >= 4 is 5.91 Å². The number of carbonyl (C=O) groups is 1. The van der Waals surface area contributed by atoms with Crippen molar-refractivity contribution in [2.24, 2.45) is 5.73 Å². The van der Waals surface area contributed by atoms with Crippen LogP contribution in [0.15, 0.2) is 0 Å². The summed E-state index contributed by atoms with van der Waals surface area (Å²) in [7, 11) is 0. The molecule has 1 amide bonds. The summed E-state index contributed by atoms with van der Waals surface area (Å²) < 4.78 is 5.60. The predicted octanol–water partition coefficient (Wildman–Crippen LogP) is 0.483. The molecule has 2 fully saturated rings. The van der Waals surface area contributed by atoms with Gasteiger partial charge in [0, 0.05) is 25.2 Å². The lowest BCUT2D eigenvalue weighted by atomic mass is 9.95. The van der Waals surface area contributed by atoms with E-state index in [0.29, 0.717) is 31.8 Å². The second-order valence-electron chi connectivity index (χ2n) is 5.87. The van der Waals surface area contributed by atoms with Crippen LogP contribution in [-0.4, -0.2) is 55.2 Å². The first-order valence-electron chi connectivity index (χ1n) is 7.54. The highest BCUT2D eigenvalue weighted by Gasteiger charge is 2.27. The number of nitrogens with zero attached hydrogens (tertiary/aromatic N) is 1. The molecule has 0 aromatic rings. The van der Waals surface area contributed by atoms with Crippen LogP contribution in [0.4, 0.5) is 0 Å². The van der Waals surface area contributed by atoms with Crippen LogP contribution in [-0.2, 0) is 9.53 Å². The van der Waals surface area contributed by atoms with E-state index in [1.807, 2.05) is 0 Å². The fraction of sp³-hybridized carbons (Fsp3) is 0.929. The Labute approximate surface area is 115 Å². The average Bonchev–Trinajstić information content (AvgIpc) is 2.42. The van der Waals surface area contributed by atoms with Gasteiger partial charge in [0.15, 0.2) is 0 Å². The van der Waals surface area contributed by atoms with Crippen molar-refractivity contribution in [3.8, 4) is 0 Å². The van der Waals surface area contributed by atoms with Crippen LogP contribution >= 0.6 is 0 Å². The van der Waals surface area contributed by atoms with Gasteiger partial charge in [-0.15, -0.1) is 0 Å². The Kier molecular flexibility index (Phi) is 5.60. The molecule has 0 bridgehead atoms. The summed E-state index contributed by atoms with van der Waals surface area (Å²) in [5.74, 6) is 0.149. The molecule has 2 atom stereocenters. The average molecular weight is 269 g/mol. The maximum absolute atomic E-state index is 12.1. The van der Waals surface area contributed by atoms with Gasteiger partial charge >= 0.3 is 0 Å². The smallest absolute Gasteiger partial charge is 0.234 e. The maximum Gasteiger partial charge on any atom is 0.234 e. The summed E-state index contributed by atoms with van der Waals surface area (Å²) in [6, 6.07) is 0.683. The summed E-state index contributed by atoms with van der Waals surface area (Å²) in [6.45, 7) is 4.51. The normalized spacial score (nSPS) is 30.2. The summed E-state index contributed by atoms with van der Waals surface area (Å²) in [4.78, 5) is 14.3. The van der Waals surface area contributed by atoms with Gasteiger partial charge in [0.25, 0.3) is 0 Å². The fourth-order valence-electron chi connectivity index (χ4n) is 2.94. The van der Waals surface area contributed by atoms with Crippen LogP contribution in [0.1, 0.15) is 39.0 Å². The molecule has 1 saturated heterocycles. The maximum atomic E-state index is 12.1. The van der Waals surface area contributed by atoms with E-state index in [2.05, 4.69) is 17.1 Å².